The monoisotopic (exact) mass is 467 g/mol. The highest BCUT2D eigenvalue weighted by Gasteiger charge is 2.27. The lowest BCUT2D eigenvalue weighted by Gasteiger charge is -2.36. The molecule has 0 radical (unpaired) electrons. The van der Waals surface area contributed by atoms with Gasteiger partial charge in [-0.05, 0) is 44.2 Å². The minimum Gasteiger partial charge on any atom is -0.421 e. The molecule has 1 aromatic carbocycles. The standard InChI is InChI=1S/C23H26FN7O3/c1-13-12-33-14(2)11-31(13)22-27-20(16-6-8-19(25)26-10-16)28-23(29-22)34-18-7-5-15(9-17(18)24)21(32)30(3)4/h5-10,13-14H,11-12H2,1-4H3,(H2,25,26)/t13-,14-/m0/s1. The predicted molar refractivity (Wildman–Crippen MR) is 124 cm³/mol. The molecule has 4 rings (SSSR count). The van der Waals surface area contributed by atoms with Crippen molar-refractivity contribution in [2.45, 2.75) is 26.0 Å². The Morgan fingerprint density at radius 2 is 2.00 bits per heavy atom. The first kappa shape index (κ1) is 23.3. The van der Waals surface area contributed by atoms with Crippen LogP contribution in [0, 0.1) is 5.82 Å². The van der Waals surface area contributed by atoms with Gasteiger partial charge in [0.15, 0.2) is 17.4 Å². The highest BCUT2D eigenvalue weighted by Crippen LogP contribution is 2.28. The summed E-state index contributed by atoms with van der Waals surface area (Å²) in [5, 5.41) is 0. The lowest BCUT2D eigenvalue weighted by atomic mass is 10.2. The van der Waals surface area contributed by atoms with Gasteiger partial charge < -0.3 is 25.0 Å². The van der Waals surface area contributed by atoms with Gasteiger partial charge in [0, 0.05) is 38.0 Å². The zero-order valence-corrected chi connectivity index (χ0v) is 19.4. The number of morpholine rings is 1. The molecule has 2 N–H and O–H groups in total. The molecule has 1 fully saturated rings. The molecular formula is C23H26FN7O3. The average Bonchev–Trinajstić information content (AvgIpc) is 2.81. The number of rotatable bonds is 5. The first-order valence-electron chi connectivity index (χ1n) is 10.8. The summed E-state index contributed by atoms with van der Waals surface area (Å²) in [4.78, 5) is 33.0. The fourth-order valence-corrected chi connectivity index (χ4v) is 3.44. The first-order chi connectivity index (χ1) is 16.2. The minimum atomic E-state index is -0.710. The van der Waals surface area contributed by atoms with Crippen molar-refractivity contribution in [1.29, 1.82) is 0 Å². The van der Waals surface area contributed by atoms with Gasteiger partial charge in [0.1, 0.15) is 5.82 Å². The fraction of sp³-hybridized carbons (Fsp3) is 0.348. The van der Waals surface area contributed by atoms with Crippen molar-refractivity contribution < 1.29 is 18.7 Å². The van der Waals surface area contributed by atoms with Gasteiger partial charge in [-0.25, -0.2) is 9.37 Å². The summed E-state index contributed by atoms with van der Waals surface area (Å²) >= 11 is 0. The van der Waals surface area contributed by atoms with Crippen LogP contribution in [0.2, 0.25) is 0 Å². The molecule has 0 aliphatic carbocycles. The summed E-state index contributed by atoms with van der Waals surface area (Å²) in [5.74, 6) is -0.102. The summed E-state index contributed by atoms with van der Waals surface area (Å²) in [6.45, 7) is 5.05. The van der Waals surface area contributed by atoms with Crippen molar-refractivity contribution in [3.05, 3.63) is 47.9 Å². The SMILES string of the molecule is C[C@H]1CN(c2nc(Oc3ccc(C(=O)N(C)C)cc3F)nc(-c3ccc(N)nc3)n2)[C@@H](C)CO1. The van der Waals surface area contributed by atoms with Gasteiger partial charge in [0.2, 0.25) is 5.95 Å². The number of hydrogen-bond donors (Lipinski definition) is 1. The molecule has 1 aliphatic heterocycles. The maximum absolute atomic E-state index is 14.8. The molecule has 3 heterocycles. The number of carbonyl (C=O) groups is 1. The predicted octanol–water partition coefficient (Wildman–Crippen LogP) is 2.76. The van der Waals surface area contributed by atoms with Gasteiger partial charge in [-0.2, -0.15) is 15.0 Å². The van der Waals surface area contributed by atoms with E-state index in [4.69, 9.17) is 15.2 Å². The van der Waals surface area contributed by atoms with Crippen LogP contribution < -0.4 is 15.4 Å². The van der Waals surface area contributed by atoms with Crippen molar-refractivity contribution in [2.75, 3.05) is 37.9 Å². The lowest BCUT2D eigenvalue weighted by Crippen LogP contribution is -2.48. The van der Waals surface area contributed by atoms with E-state index < -0.39 is 5.82 Å². The Labute approximate surface area is 196 Å². The number of amides is 1. The van der Waals surface area contributed by atoms with Crippen LogP contribution in [0.15, 0.2) is 36.5 Å². The van der Waals surface area contributed by atoms with E-state index >= 15 is 0 Å². The van der Waals surface area contributed by atoms with Crippen molar-refractivity contribution in [1.82, 2.24) is 24.8 Å². The number of halogens is 1. The van der Waals surface area contributed by atoms with Gasteiger partial charge in [-0.3, -0.25) is 4.79 Å². The average molecular weight is 468 g/mol. The third kappa shape index (κ3) is 5.04. The molecular weight excluding hydrogens is 441 g/mol. The second-order valence-corrected chi connectivity index (χ2v) is 8.31. The van der Waals surface area contributed by atoms with Crippen LogP contribution in [0.1, 0.15) is 24.2 Å². The van der Waals surface area contributed by atoms with Crippen LogP contribution in [0.3, 0.4) is 0 Å². The number of aromatic nitrogens is 4. The molecule has 34 heavy (non-hydrogen) atoms. The number of nitrogens with zero attached hydrogens (tertiary/aromatic N) is 6. The van der Waals surface area contributed by atoms with Crippen molar-refractivity contribution >= 4 is 17.7 Å². The van der Waals surface area contributed by atoms with E-state index in [1.54, 1.807) is 32.4 Å². The molecule has 11 heteroatoms. The van der Waals surface area contributed by atoms with Gasteiger partial charge in [0.25, 0.3) is 5.91 Å². The molecule has 2 atom stereocenters. The molecule has 1 saturated heterocycles. The third-order valence-electron chi connectivity index (χ3n) is 5.30. The van der Waals surface area contributed by atoms with Crippen LogP contribution in [-0.2, 0) is 4.74 Å². The number of benzene rings is 1. The first-order valence-corrected chi connectivity index (χ1v) is 10.8. The zero-order valence-electron chi connectivity index (χ0n) is 19.4. The van der Waals surface area contributed by atoms with Crippen molar-refractivity contribution in [3.63, 3.8) is 0 Å². The van der Waals surface area contributed by atoms with E-state index in [1.165, 1.54) is 17.0 Å². The van der Waals surface area contributed by atoms with Crippen molar-refractivity contribution in [3.8, 4) is 23.1 Å². The molecule has 1 amide bonds. The molecule has 0 bridgehead atoms. The normalized spacial score (nSPS) is 18.0. The molecule has 2 aromatic heterocycles. The number of pyridine rings is 1. The van der Waals surface area contributed by atoms with Crippen LogP contribution >= 0.6 is 0 Å². The zero-order chi connectivity index (χ0) is 24.4. The summed E-state index contributed by atoms with van der Waals surface area (Å²) < 4.78 is 26.2. The summed E-state index contributed by atoms with van der Waals surface area (Å²) in [6.07, 6.45) is 1.53. The largest absolute Gasteiger partial charge is 0.421 e. The maximum Gasteiger partial charge on any atom is 0.327 e. The van der Waals surface area contributed by atoms with Crippen LogP contribution in [-0.4, -0.2) is 70.1 Å². The Hall–Kier alpha value is -3.86. The molecule has 0 unspecified atom stereocenters. The molecule has 1 aliphatic rings. The Kier molecular flexibility index (Phi) is 6.55. The maximum atomic E-state index is 14.8. The summed E-state index contributed by atoms with van der Waals surface area (Å²) in [5.41, 5.74) is 6.51. The molecule has 3 aromatic rings. The van der Waals surface area contributed by atoms with E-state index in [1.807, 2.05) is 18.7 Å². The van der Waals surface area contributed by atoms with E-state index in [0.717, 1.165) is 6.07 Å². The topological polar surface area (TPSA) is 120 Å². The Balaban J connectivity index is 1.72. The quantitative estimate of drug-likeness (QED) is 0.604. The fourth-order valence-electron chi connectivity index (χ4n) is 3.44. The Morgan fingerprint density at radius 3 is 2.68 bits per heavy atom. The van der Waals surface area contributed by atoms with Gasteiger partial charge in [0.05, 0.1) is 18.8 Å². The number of nitrogen functional groups attached to an aromatic ring is 1. The van der Waals surface area contributed by atoms with E-state index in [-0.39, 0.29) is 35.4 Å². The molecule has 0 spiro atoms. The number of ether oxygens (including phenoxy) is 2. The second-order valence-electron chi connectivity index (χ2n) is 8.31. The highest BCUT2D eigenvalue weighted by molar-refractivity contribution is 5.94. The third-order valence-corrected chi connectivity index (χ3v) is 5.30. The van der Waals surface area contributed by atoms with E-state index in [9.17, 15) is 9.18 Å². The molecule has 10 nitrogen and oxygen atoms in total. The van der Waals surface area contributed by atoms with E-state index in [0.29, 0.717) is 36.3 Å². The Bertz CT molecular complexity index is 1190. The van der Waals surface area contributed by atoms with Gasteiger partial charge in [-0.15, -0.1) is 0 Å². The summed E-state index contributed by atoms with van der Waals surface area (Å²) in [7, 11) is 3.19. The van der Waals surface area contributed by atoms with Crippen molar-refractivity contribution in [2.24, 2.45) is 0 Å². The summed E-state index contributed by atoms with van der Waals surface area (Å²) in [6, 6.07) is 7.28. The minimum absolute atomic E-state index is 0.0110. The number of hydrogen-bond acceptors (Lipinski definition) is 9. The van der Waals surface area contributed by atoms with Gasteiger partial charge >= 0.3 is 6.01 Å². The molecule has 0 saturated carbocycles. The Morgan fingerprint density at radius 1 is 1.21 bits per heavy atom. The van der Waals surface area contributed by atoms with Crippen LogP contribution in [0.5, 0.6) is 11.8 Å². The van der Waals surface area contributed by atoms with E-state index in [2.05, 4.69) is 19.9 Å². The second kappa shape index (κ2) is 9.56. The van der Waals surface area contributed by atoms with Gasteiger partial charge in [-0.1, -0.05) is 0 Å². The number of carbonyl (C=O) groups excluding carboxylic acids is 1. The van der Waals surface area contributed by atoms with Crippen LogP contribution in [0.25, 0.3) is 11.4 Å². The highest BCUT2D eigenvalue weighted by atomic mass is 19.1. The number of anilines is 2. The molecule has 178 valence electrons. The lowest BCUT2D eigenvalue weighted by molar-refractivity contribution is 0.0336. The number of nitrogens with two attached hydrogens (primary N) is 1. The smallest absolute Gasteiger partial charge is 0.327 e. The van der Waals surface area contributed by atoms with Crippen LogP contribution in [0.4, 0.5) is 16.2 Å².